The molecule has 31 heavy (non-hydrogen) atoms. The van der Waals surface area contributed by atoms with Gasteiger partial charge in [-0.25, -0.2) is 4.98 Å². The zero-order valence-electron chi connectivity index (χ0n) is 18.6. The number of ketones is 1. The van der Waals surface area contributed by atoms with Crippen LogP contribution in [0.1, 0.15) is 55.2 Å². The predicted octanol–water partition coefficient (Wildman–Crippen LogP) is 5.23. The summed E-state index contributed by atoms with van der Waals surface area (Å²) in [6.45, 7) is 8.31. The van der Waals surface area contributed by atoms with Crippen LogP contribution in [0.3, 0.4) is 0 Å². The van der Waals surface area contributed by atoms with E-state index in [1.807, 2.05) is 32.2 Å². The van der Waals surface area contributed by atoms with Gasteiger partial charge in [0.25, 0.3) is 0 Å². The number of hydrogen-bond acceptors (Lipinski definition) is 6. The van der Waals surface area contributed by atoms with E-state index in [9.17, 15) is 9.90 Å². The number of Topliss-reactive ketones (excluding diaryl/α,β-unsaturated/α-hetero) is 1. The number of aliphatic hydroxyl groups is 1. The molecule has 6 heteroatoms. The van der Waals surface area contributed by atoms with E-state index in [1.165, 1.54) is 24.8 Å². The van der Waals surface area contributed by atoms with Crippen LogP contribution in [0.5, 0.6) is 0 Å². The monoisotopic (exact) mass is 435 g/mol. The van der Waals surface area contributed by atoms with Gasteiger partial charge in [-0.3, -0.25) is 4.79 Å². The first-order valence-electron chi connectivity index (χ1n) is 11.1. The Kier molecular flexibility index (Phi) is 4.74. The van der Waals surface area contributed by atoms with Crippen LogP contribution >= 0.6 is 11.3 Å². The van der Waals surface area contributed by atoms with E-state index >= 15 is 0 Å². The molecular weight excluding hydrogens is 406 g/mol. The lowest BCUT2D eigenvalue weighted by atomic mass is 9.77. The Morgan fingerprint density at radius 2 is 1.90 bits per heavy atom. The first-order chi connectivity index (χ1) is 14.8. The number of aryl methyl sites for hydroxylation is 1. The molecule has 1 aliphatic carbocycles. The molecule has 1 N–H and O–H groups in total. The predicted molar refractivity (Wildman–Crippen MR) is 126 cm³/mol. The molecule has 0 bridgehead atoms. The molecule has 0 saturated carbocycles. The van der Waals surface area contributed by atoms with Crippen LogP contribution in [0.25, 0.3) is 0 Å². The third-order valence-electron chi connectivity index (χ3n) is 7.01. The smallest absolute Gasteiger partial charge is 0.185 e. The zero-order chi connectivity index (χ0) is 21.9. The van der Waals surface area contributed by atoms with Crippen molar-refractivity contribution in [2.75, 3.05) is 29.9 Å². The summed E-state index contributed by atoms with van der Waals surface area (Å²) in [6.07, 6.45) is 5.52. The van der Waals surface area contributed by atoms with Crippen LogP contribution in [0.4, 0.5) is 10.8 Å². The number of benzene rings is 1. The summed E-state index contributed by atoms with van der Waals surface area (Å²) < 4.78 is 0. The Hall–Kier alpha value is -2.60. The van der Waals surface area contributed by atoms with Crippen molar-refractivity contribution < 1.29 is 9.90 Å². The van der Waals surface area contributed by atoms with Crippen molar-refractivity contribution in [3.8, 4) is 0 Å². The molecule has 1 saturated heterocycles. The summed E-state index contributed by atoms with van der Waals surface area (Å²) >= 11 is 1.56. The van der Waals surface area contributed by atoms with Crippen LogP contribution in [-0.2, 0) is 10.2 Å². The van der Waals surface area contributed by atoms with E-state index in [2.05, 4.69) is 35.8 Å². The summed E-state index contributed by atoms with van der Waals surface area (Å²) in [5.74, 6) is -0.406. The summed E-state index contributed by atoms with van der Waals surface area (Å²) in [5, 5.41) is 11.9. The third-order valence-corrected chi connectivity index (χ3v) is 8.29. The highest BCUT2D eigenvalue weighted by Crippen LogP contribution is 2.49. The quantitative estimate of drug-likeness (QED) is 0.715. The second kappa shape index (κ2) is 7.23. The Labute approximate surface area is 187 Å². The number of aliphatic hydroxyl groups excluding tert-OH is 1. The zero-order valence-corrected chi connectivity index (χ0v) is 19.4. The molecule has 5 nitrogen and oxygen atoms in total. The first-order valence-corrected chi connectivity index (χ1v) is 11.9. The molecule has 2 aliphatic heterocycles. The molecule has 1 atom stereocenters. The van der Waals surface area contributed by atoms with Crippen LogP contribution in [0, 0.1) is 6.92 Å². The SMILES string of the molecule is Cc1nc(N2CCCCC2)sc1C1C(=O)C(/C=C2\N(C)c3ccccc3C2(C)C)=C1O. The molecule has 1 fully saturated rings. The molecular formula is C25H29N3O2S. The Balaban J connectivity index is 1.47. The van der Waals surface area contributed by atoms with Crippen molar-refractivity contribution in [2.24, 2.45) is 0 Å². The van der Waals surface area contributed by atoms with Gasteiger partial charge in [-0.05, 0) is 43.9 Å². The highest BCUT2D eigenvalue weighted by Gasteiger charge is 2.45. The van der Waals surface area contributed by atoms with Gasteiger partial charge < -0.3 is 14.9 Å². The van der Waals surface area contributed by atoms with Crippen LogP contribution in [0.2, 0.25) is 0 Å². The first kappa shape index (κ1) is 20.3. The number of rotatable bonds is 3. The molecule has 3 aliphatic rings. The van der Waals surface area contributed by atoms with Gasteiger partial charge in [-0.1, -0.05) is 32.0 Å². The standard InChI is InChI=1S/C25H29N3O2S/c1-15-23(31-24(26-15)28-12-8-5-9-13-28)20-21(29)16(22(20)30)14-19-25(2,3)17-10-6-7-11-18(17)27(19)4/h6-7,10-11,14,20,29H,5,8-9,12-13H2,1-4H3/b19-14-. The van der Waals surface area contributed by atoms with Gasteiger partial charge in [0, 0.05) is 41.8 Å². The minimum atomic E-state index is -0.569. The van der Waals surface area contributed by atoms with Crippen LogP contribution in [-0.4, -0.2) is 36.0 Å². The van der Waals surface area contributed by atoms with Crippen molar-refractivity contribution in [3.63, 3.8) is 0 Å². The fourth-order valence-corrected chi connectivity index (χ4v) is 6.37. The van der Waals surface area contributed by atoms with Gasteiger partial charge in [0.1, 0.15) is 11.7 Å². The Bertz CT molecular complexity index is 1120. The number of thiazole rings is 1. The number of allylic oxidation sites excluding steroid dienone is 4. The number of piperidine rings is 1. The maximum absolute atomic E-state index is 13.2. The van der Waals surface area contributed by atoms with E-state index in [4.69, 9.17) is 4.98 Å². The number of anilines is 2. The van der Waals surface area contributed by atoms with Crippen LogP contribution in [0.15, 0.2) is 47.4 Å². The van der Waals surface area contributed by atoms with Gasteiger partial charge in [0.05, 0.1) is 11.3 Å². The molecule has 1 unspecified atom stereocenters. The van der Waals surface area contributed by atoms with Gasteiger partial charge in [0.2, 0.25) is 0 Å². The molecule has 0 radical (unpaired) electrons. The second-order valence-electron chi connectivity index (χ2n) is 9.32. The normalized spacial score (nSPS) is 24.1. The second-order valence-corrected chi connectivity index (χ2v) is 10.3. The highest BCUT2D eigenvalue weighted by atomic mass is 32.1. The molecule has 3 heterocycles. The molecule has 0 spiro atoms. The topological polar surface area (TPSA) is 56.7 Å². The number of aromatic nitrogens is 1. The number of nitrogens with zero attached hydrogens (tertiary/aromatic N) is 3. The lowest BCUT2D eigenvalue weighted by Gasteiger charge is -2.29. The minimum absolute atomic E-state index is 0.0119. The van der Waals surface area contributed by atoms with Gasteiger partial charge >= 0.3 is 0 Å². The van der Waals surface area contributed by atoms with E-state index < -0.39 is 5.92 Å². The van der Waals surface area contributed by atoms with Crippen molar-refractivity contribution in [1.82, 2.24) is 4.98 Å². The van der Waals surface area contributed by atoms with Crippen molar-refractivity contribution >= 4 is 27.9 Å². The average Bonchev–Trinajstić information content (AvgIpc) is 3.23. The lowest BCUT2D eigenvalue weighted by molar-refractivity contribution is -0.118. The van der Waals surface area contributed by atoms with Gasteiger partial charge in [-0.15, -0.1) is 11.3 Å². The largest absolute Gasteiger partial charge is 0.510 e. The van der Waals surface area contributed by atoms with Gasteiger partial charge in [-0.2, -0.15) is 0 Å². The number of hydrogen-bond donors (Lipinski definition) is 1. The highest BCUT2D eigenvalue weighted by molar-refractivity contribution is 7.16. The Morgan fingerprint density at radius 3 is 2.58 bits per heavy atom. The average molecular weight is 436 g/mol. The summed E-state index contributed by atoms with van der Waals surface area (Å²) in [7, 11) is 2.02. The number of para-hydroxylation sites is 1. The number of carbonyl (C=O) groups excluding carboxylic acids is 1. The van der Waals surface area contributed by atoms with E-state index in [1.54, 1.807) is 11.3 Å². The number of fused-ring (bicyclic) bond motifs is 1. The Morgan fingerprint density at radius 1 is 1.19 bits per heavy atom. The molecule has 1 aromatic carbocycles. The molecule has 162 valence electrons. The van der Waals surface area contributed by atoms with Crippen molar-refractivity contribution in [2.45, 2.75) is 51.4 Å². The number of likely N-dealkylation sites (N-methyl/N-ethyl adjacent to an activating group) is 1. The van der Waals surface area contributed by atoms with Crippen LogP contribution < -0.4 is 9.80 Å². The third kappa shape index (κ3) is 3.03. The van der Waals surface area contributed by atoms with Crippen molar-refractivity contribution in [3.05, 3.63) is 63.5 Å². The van der Waals surface area contributed by atoms with E-state index in [0.29, 0.717) is 5.57 Å². The van der Waals surface area contributed by atoms with Crippen molar-refractivity contribution in [1.29, 1.82) is 0 Å². The molecule has 5 rings (SSSR count). The van der Waals surface area contributed by atoms with Gasteiger partial charge in [0.15, 0.2) is 10.9 Å². The van der Waals surface area contributed by atoms with E-state index in [-0.39, 0.29) is 17.0 Å². The lowest BCUT2D eigenvalue weighted by Crippen LogP contribution is -2.31. The summed E-state index contributed by atoms with van der Waals surface area (Å²) in [4.78, 5) is 23.2. The number of carbonyl (C=O) groups is 1. The van der Waals surface area contributed by atoms with E-state index in [0.717, 1.165) is 40.2 Å². The molecule has 0 amide bonds. The summed E-state index contributed by atoms with van der Waals surface area (Å²) in [6, 6.07) is 8.31. The summed E-state index contributed by atoms with van der Waals surface area (Å²) in [5.41, 5.74) is 4.46. The maximum atomic E-state index is 13.2. The molecule has 1 aromatic heterocycles. The fraction of sp³-hybridized carbons (Fsp3) is 0.440. The maximum Gasteiger partial charge on any atom is 0.185 e. The minimum Gasteiger partial charge on any atom is -0.510 e. The molecule has 2 aromatic rings. The fourth-order valence-electron chi connectivity index (χ4n) is 5.15.